The number of hydrogen-bond acceptors (Lipinski definition) is 5. The molecule has 7 heteroatoms. The molecule has 0 fully saturated rings. The molecule has 0 radical (unpaired) electrons. The fourth-order valence-electron chi connectivity index (χ4n) is 2.55. The van der Waals surface area contributed by atoms with Gasteiger partial charge in [-0.25, -0.2) is 9.87 Å². The van der Waals surface area contributed by atoms with Crippen molar-refractivity contribution in [1.82, 2.24) is 5.48 Å². The van der Waals surface area contributed by atoms with Crippen LogP contribution in [0.1, 0.15) is 12.0 Å². The van der Waals surface area contributed by atoms with Crippen LogP contribution in [-0.4, -0.2) is 30.4 Å². The summed E-state index contributed by atoms with van der Waals surface area (Å²) in [6, 6.07) is 11.2. The van der Waals surface area contributed by atoms with Crippen molar-refractivity contribution in [2.24, 2.45) is 0 Å². The number of benzene rings is 2. The van der Waals surface area contributed by atoms with E-state index in [1.54, 1.807) is 23.7 Å². The normalized spacial score (nSPS) is 15.7. The first-order valence-corrected chi connectivity index (χ1v) is 7.90. The Balaban J connectivity index is 1.52. The Morgan fingerprint density at radius 3 is 2.56 bits per heavy atom. The molecular weight excluding hydrogens is 329 g/mol. The van der Waals surface area contributed by atoms with Gasteiger partial charge >= 0.3 is 0 Å². The summed E-state index contributed by atoms with van der Waals surface area (Å²) < 4.78 is 29.5. The number of aryl methyl sites for hydroxylation is 1. The second kappa shape index (κ2) is 7.85. The smallest absolute Gasteiger partial charge is 0.284 e. The van der Waals surface area contributed by atoms with E-state index < -0.39 is 12.0 Å². The van der Waals surface area contributed by atoms with Gasteiger partial charge in [-0.2, -0.15) is 0 Å². The minimum absolute atomic E-state index is 0.302. The molecule has 2 aromatic rings. The summed E-state index contributed by atoms with van der Waals surface area (Å²) in [6.45, 7) is 0.607. The molecule has 6 nitrogen and oxygen atoms in total. The fraction of sp³-hybridized carbons (Fsp3) is 0.278. The van der Waals surface area contributed by atoms with Crippen LogP contribution in [0.5, 0.6) is 17.2 Å². The number of carbonyl (C=O) groups is 1. The predicted molar refractivity (Wildman–Crippen MR) is 86.5 cm³/mol. The molecule has 132 valence electrons. The van der Waals surface area contributed by atoms with Gasteiger partial charge in [0.25, 0.3) is 5.91 Å². The van der Waals surface area contributed by atoms with E-state index in [4.69, 9.17) is 19.4 Å². The van der Waals surface area contributed by atoms with Gasteiger partial charge in [0.15, 0.2) is 6.10 Å². The molecule has 1 heterocycles. The fourth-order valence-corrected chi connectivity index (χ4v) is 2.55. The molecule has 0 saturated heterocycles. The van der Waals surface area contributed by atoms with Crippen molar-refractivity contribution in [2.45, 2.75) is 18.9 Å². The number of hydroxylamine groups is 1. The van der Waals surface area contributed by atoms with E-state index >= 15 is 0 Å². The molecule has 1 unspecified atom stereocenters. The minimum Gasteiger partial charge on any atom is -0.490 e. The van der Waals surface area contributed by atoms with Crippen LogP contribution in [0.25, 0.3) is 0 Å². The van der Waals surface area contributed by atoms with Crippen LogP contribution < -0.4 is 19.7 Å². The van der Waals surface area contributed by atoms with Crippen LogP contribution in [0.3, 0.4) is 0 Å². The van der Waals surface area contributed by atoms with Crippen LogP contribution in [0.15, 0.2) is 42.5 Å². The largest absolute Gasteiger partial charge is 0.490 e. The number of ether oxygens (including phenoxy) is 3. The Labute approximate surface area is 144 Å². The molecule has 25 heavy (non-hydrogen) atoms. The Morgan fingerprint density at radius 2 is 1.84 bits per heavy atom. The zero-order valence-corrected chi connectivity index (χ0v) is 13.4. The van der Waals surface area contributed by atoms with Gasteiger partial charge in [0.1, 0.15) is 36.3 Å². The summed E-state index contributed by atoms with van der Waals surface area (Å²) in [5.74, 6) is 0.843. The Kier molecular flexibility index (Phi) is 5.35. The molecule has 0 bridgehead atoms. The van der Waals surface area contributed by atoms with Gasteiger partial charge in [0.05, 0.1) is 0 Å². The molecule has 0 aliphatic carbocycles. The maximum absolute atomic E-state index is 12.8. The molecule has 2 aromatic carbocycles. The lowest BCUT2D eigenvalue weighted by Gasteiger charge is -2.24. The van der Waals surface area contributed by atoms with Crippen LogP contribution in [-0.2, 0) is 11.2 Å². The van der Waals surface area contributed by atoms with Crippen LogP contribution in [0.4, 0.5) is 4.39 Å². The number of amides is 1. The van der Waals surface area contributed by atoms with E-state index in [0.717, 1.165) is 5.56 Å². The molecule has 0 spiro atoms. The van der Waals surface area contributed by atoms with Crippen LogP contribution in [0.2, 0.25) is 0 Å². The maximum Gasteiger partial charge on any atom is 0.284 e. The highest BCUT2D eigenvalue weighted by atomic mass is 19.1. The van der Waals surface area contributed by atoms with E-state index in [-0.39, 0.29) is 5.82 Å². The average Bonchev–Trinajstić information content (AvgIpc) is 2.65. The van der Waals surface area contributed by atoms with Crippen molar-refractivity contribution < 1.29 is 28.6 Å². The maximum atomic E-state index is 12.8. The van der Waals surface area contributed by atoms with Crippen molar-refractivity contribution in [3.63, 3.8) is 0 Å². The summed E-state index contributed by atoms with van der Waals surface area (Å²) in [5.41, 5.74) is 2.59. The highest BCUT2D eigenvalue weighted by molar-refractivity contribution is 5.80. The number of nitrogens with one attached hydrogen (secondary N) is 1. The van der Waals surface area contributed by atoms with Gasteiger partial charge in [-0.15, -0.1) is 0 Å². The number of halogens is 1. The van der Waals surface area contributed by atoms with E-state index in [2.05, 4.69) is 0 Å². The monoisotopic (exact) mass is 347 g/mol. The van der Waals surface area contributed by atoms with E-state index in [9.17, 15) is 9.18 Å². The third-order valence-corrected chi connectivity index (χ3v) is 3.82. The van der Waals surface area contributed by atoms with Gasteiger partial charge in [-0.1, -0.05) is 6.07 Å². The van der Waals surface area contributed by atoms with Crippen molar-refractivity contribution in [3.8, 4) is 17.2 Å². The first-order valence-electron chi connectivity index (χ1n) is 7.90. The number of hydrogen-bond donors (Lipinski definition) is 2. The van der Waals surface area contributed by atoms with Crippen LogP contribution >= 0.6 is 0 Å². The quantitative estimate of drug-likeness (QED) is 0.477. The molecule has 1 aliphatic rings. The first-order chi connectivity index (χ1) is 12.2. The highest BCUT2D eigenvalue weighted by Gasteiger charge is 2.26. The summed E-state index contributed by atoms with van der Waals surface area (Å²) in [7, 11) is 0. The predicted octanol–water partition coefficient (Wildman–Crippen LogP) is 2.48. The van der Waals surface area contributed by atoms with Crippen molar-refractivity contribution >= 4 is 5.91 Å². The van der Waals surface area contributed by atoms with E-state index in [1.807, 2.05) is 12.1 Å². The standard InChI is InChI=1S/C18H18FNO5/c19-13-3-6-14(7-4-13)23-9-10-24-15-5-1-12-2-8-16(18(21)20-22)25-17(12)11-15/h1,3-7,11,16,22H,2,8-10H2,(H,20,21). The lowest BCUT2D eigenvalue weighted by molar-refractivity contribution is -0.137. The zero-order valence-electron chi connectivity index (χ0n) is 13.4. The van der Waals surface area contributed by atoms with Gasteiger partial charge in [0.2, 0.25) is 0 Å². The Hall–Kier alpha value is -2.80. The summed E-state index contributed by atoms with van der Waals surface area (Å²) in [6.07, 6.45) is 0.474. The number of fused-ring (bicyclic) bond motifs is 1. The van der Waals surface area contributed by atoms with Gasteiger partial charge in [0, 0.05) is 6.07 Å². The molecule has 0 saturated carbocycles. The van der Waals surface area contributed by atoms with E-state index in [1.165, 1.54) is 12.1 Å². The van der Waals surface area contributed by atoms with Crippen molar-refractivity contribution in [1.29, 1.82) is 0 Å². The van der Waals surface area contributed by atoms with Gasteiger partial charge < -0.3 is 14.2 Å². The van der Waals surface area contributed by atoms with Crippen LogP contribution in [0, 0.1) is 5.82 Å². The van der Waals surface area contributed by atoms with Gasteiger partial charge in [-0.3, -0.25) is 10.0 Å². The SMILES string of the molecule is O=C(NO)C1CCc2ccc(OCCOc3ccc(F)cc3)cc2O1. The number of carbonyl (C=O) groups excluding carboxylic acids is 1. The molecule has 1 atom stereocenters. The molecular formula is C18H18FNO5. The second-order valence-corrected chi connectivity index (χ2v) is 5.54. The topological polar surface area (TPSA) is 77.0 Å². The van der Waals surface area contributed by atoms with Crippen molar-refractivity contribution in [2.75, 3.05) is 13.2 Å². The lowest BCUT2D eigenvalue weighted by Crippen LogP contribution is -2.38. The Bertz CT molecular complexity index is 735. The molecule has 1 aliphatic heterocycles. The third kappa shape index (κ3) is 4.39. The van der Waals surface area contributed by atoms with Crippen molar-refractivity contribution in [3.05, 3.63) is 53.8 Å². The summed E-state index contributed by atoms with van der Waals surface area (Å²) >= 11 is 0. The molecule has 3 rings (SSSR count). The molecule has 1 amide bonds. The van der Waals surface area contributed by atoms with E-state index in [0.29, 0.717) is 43.3 Å². The minimum atomic E-state index is -0.713. The lowest BCUT2D eigenvalue weighted by atomic mass is 10.0. The molecule has 0 aromatic heterocycles. The third-order valence-electron chi connectivity index (χ3n) is 3.82. The first kappa shape index (κ1) is 17.0. The summed E-state index contributed by atoms with van der Waals surface area (Å²) in [4.78, 5) is 11.5. The highest BCUT2D eigenvalue weighted by Crippen LogP contribution is 2.31. The van der Waals surface area contributed by atoms with Gasteiger partial charge in [-0.05, 0) is 48.7 Å². The molecule has 2 N–H and O–H groups in total. The second-order valence-electron chi connectivity index (χ2n) is 5.54. The zero-order chi connectivity index (χ0) is 17.6. The number of rotatable bonds is 6. The average molecular weight is 347 g/mol. The Morgan fingerprint density at radius 1 is 1.16 bits per heavy atom. The summed E-state index contributed by atoms with van der Waals surface area (Å²) in [5, 5.41) is 8.70.